The predicted molar refractivity (Wildman–Crippen MR) is 51.0 cm³/mol. The van der Waals surface area contributed by atoms with Gasteiger partial charge in [0, 0.05) is 24.8 Å². The van der Waals surface area contributed by atoms with Crippen LogP contribution in [-0.2, 0) is 0 Å². The quantitative estimate of drug-likeness (QED) is 0.733. The second kappa shape index (κ2) is 6.14. The van der Waals surface area contributed by atoms with Gasteiger partial charge in [0.1, 0.15) is 12.7 Å². The van der Waals surface area contributed by atoms with Crippen molar-refractivity contribution < 1.29 is 9.90 Å². The van der Waals surface area contributed by atoms with Gasteiger partial charge < -0.3 is 5.11 Å². The highest BCUT2D eigenvalue weighted by atomic mass is 16.4. The third kappa shape index (κ3) is 4.41. The fourth-order valence-corrected chi connectivity index (χ4v) is 0.663. The second-order valence-corrected chi connectivity index (χ2v) is 2.34. The molecule has 6 nitrogen and oxygen atoms in total. The van der Waals surface area contributed by atoms with Crippen LogP contribution in [0.3, 0.4) is 0 Å². The van der Waals surface area contributed by atoms with Crippen LogP contribution in [0.2, 0.25) is 0 Å². The summed E-state index contributed by atoms with van der Waals surface area (Å²) >= 11 is 0. The summed E-state index contributed by atoms with van der Waals surface area (Å²) in [5.74, 6) is -1.00. The molecule has 2 rings (SSSR count). The van der Waals surface area contributed by atoms with E-state index in [2.05, 4.69) is 19.9 Å². The van der Waals surface area contributed by atoms with Crippen molar-refractivity contribution in [2.24, 2.45) is 0 Å². The van der Waals surface area contributed by atoms with Gasteiger partial charge in [0.2, 0.25) is 0 Å². The van der Waals surface area contributed by atoms with Crippen molar-refractivity contribution in [1.29, 1.82) is 0 Å². The first-order valence-electron chi connectivity index (χ1n) is 3.99. The van der Waals surface area contributed by atoms with Gasteiger partial charge in [-0.1, -0.05) is 0 Å². The van der Waals surface area contributed by atoms with Crippen LogP contribution in [0.4, 0.5) is 0 Å². The molecule has 0 aromatic carbocycles. The minimum atomic E-state index is -1.00. The molecule has 0 bridgehead atoms. The molecule has 0 aliphatic carbocycles. The van der Waals surface area contributed by atoms with Crippen LogP contribution in [0, 0.1) is 0 Å². The molecule has 76 valence electrons. The summed E-state index contributed by atoms with van der Waals surface area (Å²) in [4.78, 5) is 24.5. The highest BCUT2D eigenvalue weighted by Crippen LogP contribution is 1.89. The average Bonchev–Trinajstić information content (AvgIpc) is 2.33. The first-order chi connectivity index (χ1) is 7.30. The van der Waals surface area contributed by atoms with Crippen LogP contribution in [0.1, 0.15) is 10.4 Å². The predicted octanol–water partition coefficient (Wildman–Crippen LogP) is 0.651. The molecule has 2 aromatic heterocycles. The van der Waals surface area contributed by atoms with Gasteiger partial charge in [-0.2, -0.15) is 0 Å². The van der Waals surface area contributed by atoms with Crippen molar-refractivity contribution in [3.63, 3.8) is 0 Å². The maximum Gasteiger partial charge on any atom is 0.338 e. The van der Waals surface area contributed by atoms with Crippen LogP contribution in [0.5, 0.6) is 0 Å². The van der Waals surface area contributed by atoms with Crippen molar-refractivity contribution in [3.05, 3.63) is 49.1 Å². The largest absolute Gasteiger partial charge is 0.478 e. The molecule has 0 aliphatic heterocycles. The van der Waals surface area contributed by atoms with Crippen molar-refractivity contribution >= 4 is 5.97 Å². The van der Waals surface area contributed by atoms with Crippen LogP contribution in [0.15, 0.2) is 43.5 Å². The fourth-order valence-electron chi connectivity index (χ4n) is 0.663. The van der Waals surface area contributed by atoms with Gasteiger partial charge in [-0.05, 0) is 6.07 Å². The van der Waals surface area contributed by atoms with Gasteiger partial charge in [-0.15, -0.1) is 0 Å². The Bertz CT molecular complexity index is 367. The Morgan fingerprint density at radius 2 is 1.53 bits per heavy atom. The average molecular weight is 204 g/mol. The summed E-state index contributed by atoms with van der Waals surface area (Å²) < 4.78 is 0. The molecule has 0 aliphatic rings. The van der Waals surface area contributed by atoms with E-state index in [0.717, 1.165) is 0 Å². The third-order valence-corrected chi connectivity index (χ3v) is 1.29. The Morgan fingerprint density at radius 1 is 1.00 bits per heavy atom. The first-order valence-corrected chi connectivity index (χ1v) is 3.99. The number of hydrogen-bond donors (Lipinski definition) is 1. The van der Waals surface area contributed by atoms with E-state index in [1.54, 1.807) is 18.5 Å². The molecule has 0 saturated carbocycles. The summed E-state index contributed by atoms with van der Waals surface area (Å²) in [7, 11) is 0. The molecule has 0 fully saturated rings. The minimum Gasteiger partial charge on any atom is -0.478 e. The number of nitrogens with zero attached hydrogens (tertiary/aromatic N) is 4. The van der Waals surface area contributed by atoms with E-state index in [1.165, 1.54) is 25.0 Å². The molecule has 15 heavy (non-hydrogen) atoms. The minimum absolute atomic E-state index is 0.109. The summed E-state index contributed by atoms with van der Waals surface area (Å²) in [5.41, 5.74) is 0.109. The number of aromatic nitrogens is 4. The molecule has 0 spiro atoms. The van der Waals surface area contributed by atoms with E-state index in [4.69, 9.17) is 5.11 Å². The smallest absolute Gasteiger partial charge is 0.338 e. The lowest BCUT2D eigenvalue weighted by molar-refractivity contribution is 0.0696. The van der Waals surface area contributed by atoms with E-state index in [9.17, 15) is 4.79 Å². The lowest BCUT2D eigenvalue weighted by atomic mass is 10.4. The number of aromatic carboxylic acids is 1. The molecule has 6 heteroatoms. The van der Waals surface area contributed by atoms with Gasteiger partial charge in [-0.3, -0.25) is 0 Å². The van der Waals surface area contributed by atoms with Gasteiger partial charge >= 0.3 is 5.97 Å². The molecule has 2 heterocycles. The zero-order valence-corrected chi connectivity index (χ0v) is 7.69. The third-order valence-electron chi connectivity index (χ3n) is 1.29. The second-order valence-electron chi connectivity index (χ2n) is 2.34. The number of carbonyl (C=O) groups is 1. The topological polar surface area (TPSA) is 88.9 Å². The standard InChI is InChI=1S/C5H4N2O2.C4H4N2/c8-5(9)4-1-6-3-7-2-4;1-2-5-4-6-3-1/h1-3H,(H,8,9);1-4H. The van der Waals surface area contributed by atoms with E-state index >= 15 is 0 Å². The maximum atomic E-state index is 10.1. The van der Waals surface area contributed by atoms with E-state index in [0.29, 0.717) is 0 Å². The molecular weight excluding hydrogens is 196 g/mol. The van der Waals surface area contributed by atoms with Crippen molar-refractivity contribution in [3.8, 4) is 0 Å². The van der Waals surface area contributed by atoms with Crippen LogP contribution in [0.25, 0.3) is 0 Å². The summed E-state index contributed by atoms with van der Waals surface area (Å²) in [6.45, 7) is 0. The summed E-state index contributed by atoms with van der Waals surface area (Å²) in [5, 5.41) is 8.30. The zero-order valence-electron chi connectivity index (χ0n) is 7.69. The lowest BCUT2D eigenvalue weighted by Gasteiger charge is -1.86. The van der Waals surface area contributed by atoms with Gasteiger partial charge in [-0.25, -0.2) is 24.7 Å². The molecule has 0 amide bonds. The Hall–Kier alpha value is -2.37. The van der Waals surface area contributed by atoms with Crippen molar-refractivity contribution in [2.75, 3.05) is 0 Å². The molecule has 1 N–H and O–H groups in total. The zero-order chi connectivity index (χ0) is 10.9. The molecule has 2 aromatic rings. The SMILES string of the molecule is O=C(O)c1cncnc1.c1cncnc1. The summed E-state index contributed by atoms with van der Waals surface area (Å²) in [6.07, 6.45) is 8.65. The van der Waals surface area contributed by atoms with Crippen LogP contribution in [-0.4, -0.2) is 31.0 Å². The molecular formula is C9H8N4O2. The number of carboxylic acid groups (broad SMARTS) is 1. The molecule has 0 saturated heterocycles. The van der Waals surface area contributed by atoms with Gasteiger partial charge in [0.25, 0.3) is 0 Å². The van der Waals surface area contributed by atoms with Crippen LogP contribution >= 0.6 is 0 Å². The highest BCUT2D eigenvalue weighted by molar-refractivity contribution is 5.86. The Morgan fingerprint density at radius 3 is 1.80 bits per heavy atom. The number of rotatable bonds is 1. The maximum absolute atomic E-state index is 10.1. The molecule has 0 unspecified atom stereocenters. The van der Waals surface area contributed by atoms with Gasteiger partial charge in [0.05, 0.1) is 5.56 Å². The monoisotopic (exact) mass is 204 g/mol. The molecule has 0 radical (unpaired) electrons. The normalized spacial score (nSPS) is 8.53. The van der Waals surface area contributed by atoms with E-state index < -0.39 is 5.97 Å². The number of hydrogen-bond acceptors (Lipinski definition) is 5. The molecule has 0 atom stereocenters. The van der Waals surface area contributed by atoms with E-state index in [-0.39, 0.29) is 5.56 Å². The van der Waals surface area contributed by atoms with Crippen LogP contribution < -0.4 is 0 Å². The Labute approximate surface area is 85.7 Å². The lowest BCUT2D eigenvalue weighted by Crippen LogP contribution is -1.96. The van der Waals surface area contributed by atoms with E-state index in [1.807, 2.05) is 0 Å². The number of carboxylic acids is 1. The van der Waals surface area contributed by atoms with Gasteiger partial charge in [0.15, 0.2) is 0 Å². The fraction of sp³-hybridized carbons (Fsp3) is 0. The first kappa shape index (κ1) is 10.7. The Kier molecular flexibility index (Phi) is 4.38. The Balaban J connectivity index is 0.000000162. The van der Waals surface area contributed by atoms with Crippen molar-refractivity contribution in [1.82, 2.24) is 19.9 Å². The summed E-state index contributed by atoms with van der Waals surface area (Å²) in [6, 6.07) is 1.78. The highest BCUT2D eigenvalue weighted by Gasteiger charge is 1.98. The van der Waals surface area contributed by atoms with Crippen molar-refractivity contribution in [2.45, 2.75) is 0 Å².